The summed E-state index contributed by atoms with van der Waals surface area (Å²) >= 11 is 0. The highest BCUT2D eigenvalue weighted by Gasteiger charge is 2.30. The van der Waals surface area contributed by atoms with E-state index >= 15 is 0 Å². The van der Waals surface area contributed by atoms with Crippen molar-refractivity contribution >= 4 is 5.71 Å². The Morgan fingerprint density at radius 2 is 1.64 bits per heavy atom. The Balaban J connectivity index is 1.67. The normalized spacial score (nSPS) is 12.0. The van der Waals surface area contributed by atoms with Crippen LogP contribution in [0.5, 0.6) is 5.75 Å². The molecule has 1 aromatic heterocycles. The first-order valence-electron chi connectivity index (χ1n) is 11.1. The van der Waals surface area contributed by atoms with Crippen molar-refractivity contribution in [3.63, 3.8) is 0 Å². The van der Waals surface area contributed by atoms with Crippen LogP contribution in [0.3, 0.4) is 0 Å². The minimum absolute atomic E-state index is 0.107. The smallest absolute Gasteiger partial charge is 0.416 e. The number of methoxy groups -OCH3 is 1. The molecule has 0 atom stereocenters. The predicted molar refractivity (Wildman–Crippen MR) is 131 cm³/mol. The zero-order valence-electron chi connectivity index (χ0n) is 19.9. The van der Waals surface area contributed by atoms with Gasteiger partial charge in [-0.2, -0.15) is 13.2 Å². The molecule has 0 aliphatic heterocycles. The van der Waals surface area contributed by atoms with Gasteiger partial charge in [0.15, 0.2) is 0 Å². The highest BCUT2D eigenvalue weighted by Crippen LogP contribution is 2.32. The zero-order valence-corrected chi connectivity index (χ0v) is 19.9. The van der Waals surface area contributed by atoms with Gasteiger partial charge in [0.25, 0.3) is 0 Å². The Kier molecular flexibility index (Phi) is 7.15. The Labute approximate surface area is 206 Å². The fourth-order valence-electron chi connectivity index (χ4n) is 3.96. The molecule has 0 bridgehead atoms. The van der Waals surface area contributed by atoms with Gasteiger partial charge in [0.1, 0.15) is 18.2 Å². The van der Waals surface area contributed by atoms with Gasteiger partial charge in [-0.3, -0.25) is 0 Å². The molecule has 4 aromatic rings. The Bertz CT molecular complexity index is 1370. The third-order valence-electron chi connectivity index (χ3n) is 5.79. The number of alkyl halides is 3. The second kappa shape index (κ2) is 10.3. The van der Waals surface area contributed by atoms with Crippen molar-refractivity contribution in [1.29, 1.82) is 0 Å². The van der Waals surface area contributed by atoms with E-state index in [2.05, 4.69) is 5.16 Å². The molecule has 0 aliphatic carbocycles. The summed E-state index contributed by atoms with van der Waals surface area (Å²) in [4.78, 5) is 5.41. The third kappa shape index (κ3) is 5.43. The molecule has 0 radical (unpaired) electrons. The van der Waals surface area contributed by atoms with Crippen LogP contribution in [0.2, 0.25) is 0 Å². The number of benzene rings is 3. The van der Waals surface area contributed by atoms with Crippen LogP contribution in [-0.4, -0.2) is 17.4 Å². The number of hydrogen-bond acceptors (Lipinski definition) is 3. The SMILES string of the molecule is COc1ccc(-n2c(-c3ccc(F)cc3)cc(/C(C)=N\OCc3cccc(C(F)(F)F)c3)c2C)cc1. The van der Waals surface area contributed by atoms with E-state index in [1.807, 2.05) is 41.8 Å². The first-order chi connectivity index (χ1) is 17.2. The number of oxime groups is 1. The summed E-state index contributed by atoms with van der Waals surface area (Å²) < 4.78 is 59.8. The molecule has 0 saturated carbocycles. The number of hydrogen-bond donors (Lipinski definition) is 0. The summed E-state index contributed by atoms with van der Waals surface area (Å²) in [6, 6.07) is 20.6. The van der Waals surface area contributed by atoms with Crippen molar-refractivity contribution in [3.8, 4) is 22.7 Å². The van der Waals surface area contributed by atoms with Crippen LogP contribution in [0.1, 0.15) is 29.3 Å². The van der Waals surface area contributed by atoms with Crippen LogP contribution >= 0.6 is 0 Å². The van der Waals surface area contributed by atoms with E-state index in [0.29, 0.717) is 17.0 Å². The fourth-order valence-corrected chi connectivity index (χ4v) is 3.96. The summed E-state index contributed by atoms with van der Waals surface area (Å²) in [7, 11) is 1.59. The third-order valence-corrected chi connectivity index (χ3v) is 5.79. The van der Waals surface area contributed by atoms with Crippen LogP contribution < -0.4 is 4.74 Å². The Morgan fingerprint density at radius 1 is 0.944 bits per heavy atom. The maximum Gasteiger partial charge on any atom is 0.416 e. The predicted octanol–water partition coefficient (Wildman–Crippen LogP) is 7.56. The second-order valence-electron chi connectivity index (χ2n) is 8.22. The monoisotopic (exact) mass is 496 g/mol. The van der Waals surface area contributed by atoms with Crippen molar-refractivity contribution in [2.75, 3.05) is 7.11 Å². The minimum Gasteiger partial charge on any atom is -0.497 e. The maximum absolute atomic E-state index is 13.6. The molecule has 0 N–H and O–H groups in total. The van der Waals surface area contributed by atoms with E-state index in [1.165, 1.54) is 18.2 Å². The number of ether oxygens (including phenoxy) is 1. The number of nitrogens with zero attached hydrogens (tertiary/aromatic N) is 2. The molecule has 4 rings (SSSR count). The lowest BCUT2D eigenvalue weighted by molar-refractivity contribution is -0.137. The fraction of sp³-hybridized carbons (Fsp3) is 0.179. The highest BCUT2D eigenvalue weighted by atomic mass is 19.4. The van der Waals surface area contributed by atoms with Crippen molar-refractivity contribution in [3.05, 3.63) is 107 Å². The second-order valence-corrected chi connectivity index (χ2v) is 8.22. The average Bonchev–Trinajstić information content (AvgIpc) is 3.21. The van der Waals surface area contributed by atoms with Gasteiger partial charge in [0, 0.05) is 16.9 Å². The summed E-state index contributed by atoms with van der Waals surface area (Å²) in [5.41, 5.74) is 4.32. The minimum atomic E-state index is -4.42. The van der Waals surface area contributed by atoms with E-state index < -0.39 is 11.7 Å². The molecule has 0 fully saturated rings. The molecule has 0 aliphatic rings. The molecular formula is C28H24F4N2O2. The first kappa shape index (κ1) is 25.0. The summed E-state index contributed by atoms with van der Waals surface area (Å²) in [5, 5.41) is 4.17. The van der Waals surface area contributed by atoms with Crippen LogP contribution in [0.15, 0.2) is 84.0 Å². The Morgan fingerprint density at radius 3 is 2.28 bits per heavy atom. The van der Waals surface area contributed by atoms with Crippen molar-refractivity contribution in [1.82, 2.24) is 4.57 Å². The summed E-state index contributed by atoms with van der Waals surface area (Å²) in [5.74, 6) is 0.381. The van der Waals surface area contributed by atoms with Gasteiger partial charge in [-0.05, 0) is 91.7 Å². The van der Waals surface area contributed by atoms with Gasteiger partial charge >= 0.3 is 6.18 Å². The average molecular weight is 497 g/mol. The molecule has 36 heavy (non-hydrogen) atoms. The molecule has 186 valence electrons. The van der Waals surface area contributed by atoms with Gasteiger partial charge in [0.2, 0.25) is 0 Å². The quantitative estimate of drug-likeness (QED) is 0.150. The maximum atomic E-state index is 13.6. The van der Waals surface area contributed by atoms with Crippen LogP contribution in [0.4, 0.5) is 17.6 Å². The lowest BCUT2D eigenvalue weighted by atomic mass is 10.1. The van der Waals surface area contributed by atoms with Gasteiger partial charge in [-0.1, -0.05) is 17.3 Å². The summed E-state index contributed by atoms with van der Waals surface area (Å²) in [6.45, 7) is 3.59. The zero-order chi connectivity index (χ0) is 25.9. The van der Waals surface area contributed by atoms with Crippen LogP contribution in [0.25, 0.3) is 16.9 Å². The Hall–Kier alpha value is -4.07. The largest absolute Gasteiger partial charge is 0.497 e. The van der Waals surface area contributed by atoms with E-state index in [0.717, 1.165) is 40.3 Å². The van der Waals surface area contributed by atoms with E-state index in [4.69, 9.17) is 9.57 Å². The van der Waals surface area contributed by atoms with Crippen LogP contribution in [0, 0.1) is 12.7 Å². The van der Waals surface area contributed by atoms with Crippen molar-refractivity contribution in [2.24, 2.45) is 5.16 Å². The molecule has 8 heteroatoms. The topological polar surface area (TPSA) is 35.8 Å². The summed E-state index contributed by atoms with van der Waals surface area (Å²) in [6.07, 6.45) is -4.42. The lowest BCUT2D eigenvalue weighted by Gasteiger charge is -2.13. The molecule has 0 saturated heterocycles. The first-order valence-corrected chi connectivity index (χ1v) is 11.1. The van der Waals surface area contributed by atoms with Crippen LogP contribution in [-0.2, 0) is 17.6 Å². The molecular weight excluding hydrogens is 472 g/mol. The molecule has 0 spiro atoms. The van der Waals surface area contributed by atoms with E-state index in [1.54, 1.807) is 32.2 Å². The van der Waals surface area contributed by atoms with Gasteiger partial charge < -0.3 is 14.1 Å². The molecule has 3 aromatic carbocycles. The molecule has 0 unspecified atom stereocenters. The highest BCUT2D eigenvalue weighted by molar-refractivity contribution is 6.01. The molecule has 4 nitrogen and oxygen atoms in total. The van der Waals surface area contributed by atoms with Crippen molar-refractivity contribution < 1.29 is 27.1 Å². The van der Waals surface area contributed by atoms with E-state index in [9.17, 15) is 17.6 Å². The number of halogens is 4. The van der Waals surface area contributed by atoms with E-state index in [-0.39, 0.29) is 12.4 Å². The van der Waals surface area contributed by atoms with Gasteiger partial charge in [0.05, 0.1) is 24.1 Å². The molecule has 1 heterocycles. The molecule has 0 amide bonds. The number of aromatic nitrogens is 1. The lowest BCUT2D eigenvalue weighted by Crippen LogP contribution is -2.05. The van der Waals surface area contributed by atoms with Gasteiger partial charge in [-0.15, -0.1) is 0 Å². The standard InChI is InChI=1S/C28H24F4N2O2/c1-18(33-36-17-20-5-4-6-22(15-20)28(30,31)32)26-16-27(21-7-9-23(29)10-8-21)34(19(26)2)24-11-13-25(35-3)14-12-24/h4-16H,17H2,1-3H3/b33-18-. The van der Waals surface area contributed by atoms with Gasteiger partial charge in [-0.25, -0.2) is 4.39 Å². The number of rotatable bonds is 7. The van der Waals surface area contributed by atoms with Crippen molar-refractivity contribution in [2.45, 2.75) is 26.6 Å².